The lowest BCUT2D eigenvalue weighted by Crippen LogP contribution is -2.30. The van der Waals surface area contributed by atoms with Crippen molar-refractivity contribution in [1.82, 2.24) is 0 Å². The molecule has 436 valence electrons. The van der Waals surface area contributed by atoms with Gasteiger partial charge in [0.15, 0.2) is 6.10 Å². The minimum Gasteiger partial charge on any atom is -0.462 e. The quantitative estimate of drug-likeness (QED) is 0.0197. The molecule has 2 N–H and O–H groups in total. The number of hydrogen-bond donors (Lipinski definition) is 2. The van der Waals surface area contributed by atoms with Crippen molar-refractivity contribution in [1.29, 1.82) is 0 Å². The van der Waals surface area contributed by atoms with Crippen molar-refractivity contribution in [2.75, 3.05) is 26.4 Å². The molecule has 12 heteroatoms. The Labute approximate surface area is 455 Å². The number of rotatable bonds is 59. The highest BCUT2D eigenvalue weighted by atomic mass is 31.2. The zero-order chi connectivity index (χ0) is 54.1. The molecule has 74 heavy (non-hydrogen) atoms. The molecule has 0 aliphatic carbocycles. The van der Waals surface area contributed by atoms with Gasteiger partial charge in [0, 0.05) is 19.3 Å². The predicted octanol–water partition coefficient (Wildman–Crippen LogP) is 18.6. The van der Waals surface area contributed by atoms with Gasteiger partial charge in [0.2, 0.25) is 0 Å². The fraction of sp³-hybridized carbons (Fsp3) is 0.887. The van der Waals surface area contributed by atoms with Gasteiger partial charge in [-0.3, -0.25) is 23.4 Å². The van der Waals surface area contributed by atoms with Crippen LogP contribution in [0.3, 0.4) is 0 Å². The van der Waals surface area contributed by atoms with E-state index in [2.05, 4.69) is 45.1 Å². The Hall–Kier alpha value is -2.04. The van der Waals surface area contributed by atoms with Crippen molar-refractivity contribution in [3.63, 3.8) is 0 Å². The summed E-state index contributed by atoms with van der Waals surface area (Å²) in [5.74, 6) is -1.45. The number of aliphatic hydroxyl groups is 1. The zero-order valence-corrected chi connectivity index (χ0v) is 49.2. The lowest BCUT2D eigenvalue weighted by atomic mass is 10.0. The number of aliphatic hydroxyl groups excluding tert-OH is 1. The second-order valence-electron chi connectivity index (χ2n) is 21.2. The van der Waals surface area contributed by atoms with E-state index in [1.165, 1.54) is 186 Å². The summed E-state index contributed by atoms with van der Waals surface area (Å²) in [5.41, 5.74) is 0. The van der Waals surface area contributed by atoms with Gasteiger partial charge >= 0.3 is 25.7 Å². The van der Waals surface area contributed by atoms with E-state index in [4.69, 9.17) is 23.3 Å². The van der Waals surface area contributed by atoms with Crippen molar-refractivity contribution in [2.24, 2.45) is 0 Å². The Morgan fingerprint density at radius 2 is 0.622 bits per heavy atom. The summed E-state index contributed by atoms with van der Waals surface area (Å²) >= 11 is 0. The fourth-order valence-corrected chi connectivity index (χ4v) is 9.84. The van der Waals surface area contributed by atoms with Crippen LogP contribution < -0.4 is 0 Å². The smallest absolute Gasteiger partial charge is 0.462 e. The molecule has 0 spiro atoms. The van der Waals surface area contributed by atoms with Crippen LogP contribution in [0.15, 0.2) is 24.3 Å². The minimum atomic E-state index is -4.74. The third kappa shape index (κ3) is 54.7. The molecular weight excluding hydrogens is 952 g/mol. The Morgan fingerprint density at radius 1 is 0.365 bits per heavy atom. The molecule has 0 aliphatic heterocycles. The molecule has 0 amide bonds. The van der Waals surface area contributed by atoms with Crippen LogP contribution in [0.2, 0.25) is 0 Å². The lowest BCUT2D eigenvalue weighted by molar-refractivity contribution is -0.161. The van der Waals surface area contributed by atoms with E-state index in [1.807, 2.05) is 0 Å². The maximum atomic E-state index is 12.9. The van der Waals surface area contributed by atoms with E-state index in [9.17, 15) is 28.9 Å². The number of carbonyl (C=O) groups is 3. The van der Waals surface area contributed by atoms with Crippen LogP contribution in [0, 0.1) is 0 Å². The number of unbranched alkanes of at least 4 members (excludes halogenated alkanes) is 38. The van der Waals surface area contributed by atoms with Crippen molar-refractivity contribution >= 4 is 25.7 Å². The highest BCUT2D eigenvalue weighted by Gasteiger charge is 2.28. The highest BCUT2D eigenvalue weighted by molar-refractivity contribution is 7.47. The highest BCUT2D eigenvalue weighted by Crippen LogP contribution is 2.43. The number of esters is 3. The van der Waals surface area contributed by atoms with Crippen molar-refractivity contribution in [3.8, 4) is 0 Å². The van der Waals surface area contributed by atoms with Crippen LogP contribution in [0.25, 0.3) is 0 Å². The molecule has 0 aliphatic rings. The molecule has 0 rings (SSSR count). The number of hydrogen-bond acceptors (Lipinski definition) is 10. The van der Waals surface area contributed by atoms with Crippen LogP contribution in [0.5, 0.6) is 0 Å². The molecule has 0 aromatic heterocycles. The van der Waals surface area contributed by atoms with E-state index in [1.54, 1.807) is 0 Å². The summed E-state index contributed by atoms with van der Waals surface area (Å²) in [7, 11) is -4.74. The van der Waals surface area contributed by atoms with Gasteiger partial charge in [-0.2, -0.15) is 0 Å². The molecule has 0 bridgehead atoms. The minimum absolute atomic E-state index is 0.168. The van der Waals surface area contributed by atoms with Gasteiger partial charge < -0.3 is 24.2 Å². The van der Waals surface area contributed by atoms with Crippen LogP contribution in [0.1, 0.15) is 316 Å². The van der Waals surface area contributed by atoms with Crippen molar-refractivity contribution < 1.29 is 52.2 Å². The average molecular weight is 1070 g/mol. The van der Waals surface area contributed by atoms with Gasteiger partial charge in [0.05, 0.1) is 19.8 Å². The molecule has 0 aromatic rings. The maximum Gasteiger partial charge on any atom is 0.472 e. The molecule has 0 fully saturated rings. The fourth-order valence-electron chi connectivity index (χ4n) is 9.05. The van der Waals surface area contributed by atoms with Gasteiger partial charge in [-0.25, -0.2) is 4.57 Å². The number of carbonyl (C=O) groups excluding carboxylic acids is 3. The van der Waals surface area contributed by atoms with E-state index >= 15 is 0 Å². The monoisotopic (exact) mass is 1070 g/mol. The number of allylic oxidation sites excluding steroid dienone is 4. The van der Waals surface area contributed by atoms with Crippen molar-refractivity contribution in [2.45, 2.75) is 328 Å². The number of ether oxygens (including phenoxy) is 3. The molecule has 0 heterocycles. The summed E-state index contributed by atoms with van der Waals surface area (Å²) in [6, 6.07) is 0. The predicted molar refractivity (Wildman–Crippen MR) is 307 cm³/mol. The first-order valence-corrected chi connectivity index (χ1v) is 32.7. The standard InChI is InChI=1S/C62H117O11P/c1-4-7-10-13-16-19-22-25-27-29-31-34-37-40-43-46-49-52-61(65)72-58(54-63)56-70-74(67,68)71-57-59(55-69-60(64)51-48-45-42-39-36-33-24-21-18-15-12-9-6-3)73-62(66)53-50-47-44-41-38-35-32-30-28-26-23-20-17-14-11-8-5-2/h25-28,58-59,63H,4-24,29-57H2,1-3H3,(H,67,68)/b27-25-,28-26-. The third-order valence-corrected chi connectivity index (χ3v) is 14.8. The molecular formula is C62H117O11P. The average Bonchev–Trinajstić information content (AvgIpc) is 3.39. The molecule has 11 nitrogen and oxygen atoms in total. The van der Waals surface area contributed by atoms with Gasteiger partial charge in [-0.05, 0) is 70.6 Å². The summed E-state index contributed by atoms with van der Waals surface area (Å²) in [6.07, 6.45) is 58.4. The van der Waals surface area contributed by atoms with Crippen LogP contribution >= 0.6 is 7.82 Å². The molecule has 0 radical (unpaired) electrons. The Balaban J connectivity index is 4.64. The van der Waals surface area contributed by atoms with Crippen LogP contribution in [-0.2, 0) is 42.2 Å². The first-order chi connectivity index (χ1) is 36.2. The number of phosphoric acid groups is 1. The molecule has 0 aromatic carbocycles. The summed E-state index contributed by atoms with van der Waals surface area (Å²) in [5, 5.41) is 9.84. The van der Waals surface area contributed by atoms with E-state index in [0.29, 0.717) is 19.3 Å². The third-order valence-electron chi connectivity index (χ3n) is 13.8. The Morgan fingerprint density at radius 3 is 0.932 bits per heavy atom. The van der Waals surface area contributed by atoms with Crippen LogP contribution in [-0.4, -0.2) is 66.5 Å². The zero-order valence-electron chi connectivity index (χ0n) is 48.3. The van der Waals surface area contributed by atoms with E-state index in [0.717, 1.165) is 70.6 Å². The van der Waals surface area contributed by atoms with Gasteiger partial charge in [-0.1, -0.05) is 251 Å². The van der Waals surface area contributed by atoms with E-state index < -0.39 is 57.8 Å². The summed E-state index contributed by atoms with van der Waals surface area (Å²) in [4.78, 5) is 48.6. The lowest BCUT2D eigenvalue weighted by Gasteiger charge is -2.21. The van der Waals surface area contributed by atoms with Gasteiger partial charge in [-0.15, -0.1) is 0 Å². The Kier molecular flexibility index (Phi) is 55.6. The maximum absolute atomic E-state index is 12.9. The largest absolute Gasteiger partial charge is 0.472 e. The number of phosphoric ester groups is 1. The first-order valence-electron chi connectivity index (χ1n) is 31.2. The SMILES string of the molecule is CCCCCCCC/C=C\CCCCCCCCCC(=O)OC(CO)COP(=O)(O)OCC(COC(=O)CCCCCCCCCCCCCCC)OC(=O)CCCCCCCCC/C=C\CCCCCCCC. The molecule has 3 unspecified atom stereocenters. The Bertz CT molecular complexity index is 1340. The molecule has 0 saturated heterocycles. The molecule has 3 atom stereocenters. The van der Waals surface area contributed by atoms with Crippen molar-refractivity contribution in [3.05, 3.63) is 24.3 Å². The second kappa shape index (κ2) is 57.1. The normalized spacial score (nSPS) is 13.4. The first kappa shape index (κ1) is 72.0. The van der Waals surface area contributed by atoms with Crippen LogP contribution in [0.4, 0.5) is 0 Å². The van der Waals surface area contributed by atoms with Gasteiger partial charge in [0.25, 0.3) is 0 Å². The van der Waals surface area contributed by atoms with Gasteiger partial charge in [0.1, 0.15) is 12.7 Å². The second-order valence-corrected chi connectivity index (χ2v) is 22.7. The van der Waals surface area contributed by atoms with E-state index in [-0.39, 0.29) is 25.9 Å². The summed E-state index contributed by atoms with van der Waals surface area (Å²) in [6.45, 7) is 4.69. The molecule has 0 saturated carbocycles. The summed E-state index contributed by atoms with van der Waals surface area (Å²) < 4.78 is 39.6. The topological polar surface area (TPSA) is 155 Å².